The number of anilines is 1. The van der Waals surface area contributed by atoms with E-state index in [0.29, 0.717) is 11.6 Å². The summed E-state index contributed by atoms with van der Waals surface area (Å²) >= 11 is 1.47. The zero-order valence-corrected chi connectivity index (χ0v) is 15.2. The van der Waals surface area contributed by atoms with E-state index in [9.17, 15) is 9.59 Å². The second-order valence-corrected chi connectivity index (χ2v) is 6.67. The van der Waals surface area contributed by atoms with Crippen molar-refractivity contribution in [1.29, 1.82) is 0 Å². The van der Waals surface area contributed by atoms with Crippen LogP contribution in [-0.4, -0.2) is 46.9 Å². The molecule has 7 nitrogen and oxygen atoms in total. The fourth-order valence-corrected chi connectivity index (χ4v) is 2.99. The van der Waals surface area contributed by atoms with Crippen LogP contribution < -0.4 is 10.1 Å². The number of carbonyl (C=O) groups excluding carboxylic acids is 2. The van der Waals surface area contributed by atoms with E-state index in [0.717, 1.165) is 15.8 Å². The molecule has 2 heterocycles. The molecule has 0 radical (unpaired) electrons. The topological polar surface area (TPSA) is 84.4 Å². The van der Waals surface area contributed by atoms with Crippen molar-refractivity contribution in [1.82, 2.24) is 14.9 Å². The van der Waals surface area contributed by atoms with Gasteiger partial charge in [0, 0.05) is 12.7 Å². The van der Waals surface area contributed by atoms with Crippen molar-refractivity contribution in [3.63, 3.8) is 0 Å². The van der Waals surface area contributed by atoms with Crippen molar-refractivity contribution in [2.24, 2.45) is 0 Å². The highest BCUT2D eigenvalue weighted by molar-refractivity contribution is 7.16. The van der Waals surface area contributed by atoms with Gasteiger partial charge in [0.05, 0.1) is 11.9 Å². The maximum atomic E-state index is 12.2. The number of rotatable bonds is 6. The summed E-state index contributed by atoms with van der Waals surface area (Å²) in [5.74, 6) is -0.222. The molecule has 0 saturated carbocycles. The fraction of sp³-hybridized carbons (Fsp3) is 0.222. The molecule has 0 spiro atoms. The van der Waals surface area contributed by atoms with Crippen LogP contribution in [0.1, 0.15) is 5.56 Å². The first kappa shape index (κ1) is 17.8. The van der Waals surface area contributed by atoms with Crippen LogP contribution >= 0.6 is 11.3 Å². The lowest BCUT2D eigenvalue weighted by molar-refractivity contribution is -0.135. The minimum atomic E-state index is -0.314. The van der Waals surface area contributed by atoms with Gasteiger partial charge in [-0.15, -0.1) is 11.3 Å². The second-order valence-electron chi connectivity index (χ2n) is 5.77. The quantitative estimate of drug-likeness (QED) is 0.721. The molecule has 0 saturated heterocycles. The van der Waals surface area contributed by atoms with Crippen LogP contribution in [0.4, 0.5) is 5.69 Å². The van der Waals surface area contributed by atoms with E-state index >= 15 is 0 Å². The molecule has 3 rings (SSSR count). The highest BCUT2D eigenvalue weighted by Gasteiger charge is 2.15. The van der Waals surface area contributed by atoms with Crippen LogP contribution in [0.25, 0.3) is 10.2 Å². The molecule has 2 aromatic heterocycles. The maximum absolute atomic E-state index is 12.2. The number of fused-ring (bicyclic) bond motifs is 1. The van der Waals surface area contributed by atoms with Crippen molar-refractivity contribution < 1.29 is 14.3 Å². The van der Waals surface area contributed by atoms with Gasteiger partial charge in [-0.05, 0) is 30.5 Å². The summed E-state index contributed by atoms with van der Waals surface area (Å²) in [5, 5.41) is 5.41. The molecule has 8 heteroatoms. The Morgan fingerprint density at radius 1 is 1.19 bits per heavy atom. The molecule has 0 unspecified atom stereocenters. The van der Waals surface area contributed by atoms with Gasteiger partial charge >= 0.3 is 0 Å². The third-order valence-corrected chi connectivity index (χ3v) is 4.52. The van der Waals surface area contributed by atoms with Crippen molar-refractivity contribution in [3.05, 3.63) is 47.6 Å². The smallest absolute Gasteiger partial charge is 0.260 e. The summed E-state index contributed by atoms with van der Waals surface area (Å²) in [6, 6.07) is 9.30. The number of benzene rings is 1. The van der Waals surface area contributed by atoms with Crippen LogP contribution in [0, 0.1) is 6.92 Å². The van der Waals surface area contributed by atoms with Gasteiger partial charge in [0.25, 0.3) is 5.91 Å². The maximum Gasteiger partial charge on any atom is 0.260 e. The van der Waals surface area contributed by atoms with Gasteiger partial charge in [0.1, 0.15) is 11.2 Å². The Labute approximate surface area is 154 Å². The van der Waals surface area contributed by atoms with Gasteiger partial charge in [-0.2, -0.15) is 0 Å². The lowest BCUT2D eigenvalue weighted by Gasteiger charge is -2.17. The van der Waals surface area contributed by atoms with Crippen LogP contribution in [-0.2, 0) is 9.59 Å². The molecule has 26 heavy (non-hydrogen) atoms. The number of carbonyl (C=O) groups is 2. The lowest BCUT2D eigenvalue weighted by Crippen LogP contribution is -2.37. The molecule has 0 atom stereocenters. The molecule has 0 fully saturated rings. The number of amides is 2. The molecule has 1 aromatic carbocycles. The predicted octanol–water partition coefficient (Wildman–Crippen LogP) is 2.48. The number of ether oxygens (including phenoxy) is 1. The number of thiophene rings is 1. The van der Waals surface area contributed by atoms with Gasteiger partial charge in [-0.25, -0.2) is 9.97 Å². The Morgan fingerprint density at radius 2 is 1.96 bits per heavy atom. The first-order chi connectivity index (χ1) is 12.5. The molecular formula is C18H18N4O3S. The van der Waals surface area contributed by atoms with Crippen LogP contribution in [0.2, 0.25) is 0 Å². The molecule has 3 aromatic rings. The third kappa shape index (κ3) is 4.34. The number of aryl methyl sites for hydroxylation is 1. The highest BCUT2D eigenvalue weighted by Crippen LogP contribution is 2.25. The zero-order valence-electron chi connectivity index (χ0n) is 14.4. The monoisotopic (exact) mass is 370 g/mol. The van der Waals surface area contributed by atoms with Crippen LogP contribution in [0.3, 0.4) is 0 Å². The fourth-order valence-electron chi connectivity index (χ4n) is 2.26. The van der Waals surface area contributed by atoms with Crippen LogP contribution in [0.15, 0.2) is 42.0 Å². The predicted molar refractivity (Wildman–Crippen MR) is 100 cm³/mol. The molecule has 0 aliphatic rings. The van der Waals surface area contributed by atoms with E-state index in [1.807, 2.05) is 42.6 Å². The number of nitrogens with zero attached hydrogens (tertiary/aromatic N) is 3. The molecule has 0 bridgehead atoms. The van der Waals surface area contributed by atoms with Crippen molar-refractivity contribution >= 4 is 39.1 Å². The van der Waals surface area contributed by atoms with Gasteiger partial charge in [-0.3, -0.25) is 9.59 Å². The Balaban J connectivity index is 1.52. The number of hydrogen-bond donors (Lipinski definition) is 1. The van der Waals surface area contributed by atoms with Crippen molar-refractivity contribution in [3.8, 4) is 5.88 Å². The van der Waals surface area contributed by atoms with E-state index in [4.69, 9.17) is 4.74 Å². The summed E-state index contributed by atoms with van der Waals surface area (Å²) in [4.78, 5) is 34.6. The summed E-state index contributed by atoms with van der Waals surface area (Å²) in [5.41, 5.74) is 1.80. The van der Waals surface area contributed by atoms with Gasteiger partial charge in [0.15, 0.2) is 6.61 Å². The first-order valence-corrected chi connectivity index (χ1v) is 8.82. The van der Waals surface area contributed by atoms with E-state index < -0.39 is 0 Å². The Morgan fingerprint density at radius 3 is 2.73 bits per heavy atom. The summed E-state index contributed by atoms with van der Waals surface area (Å²) in [6.45, 7) is 1.71. The number of aromatic nitrogens is 2. The highest BCUT2D eigenvalue weighted by atomic mass is 32.1. The van der Waals surface area contributed by atoms with Crippen molar-refractivity contribution in [2.45, 2.75) is 6.92 Å². The van der Waals surface area contributed by atoms with Gasteiger partial charge in [-0.1, -0.05) is 17.7 Å². The number of hydrogen-bond acceptors (Lipinski definition) is 6. The SMILES string of the molecule is Cc1ccc(NC(=O)CN(C)C(=O)COc2ncnc3sccc23)cc1. The minimum absolute atomic E-state index is 0.0618. The van der Waals surface area contributed by atoms with E-state index in [1.54, 1.807) is 7.05 Å². The molecule has 0 aliphatic heterocycles. The van der Waals surface area contributed by atoms with Gasteiger partial charge in [0.2, 0.25) is 11.8 Å². The number of likely N-dealkylation sites (N-methyl/N-ethyl adjacent to an activating group) is 1. The number of nitrogens with one attached hydrogen (secondary N) is 1. The Hall–Kier alpha value is -3.00. The van der Waals surface area contributed by atoms with Gasteiger partial charge < -0.3 is 15.0 Å². The average molecular weight is 370 g/mol. The normalized spacial score (nSPS) is 10.5. The first-order valence-electron chi connectivity index (χ1n) is 7.94. The molecular weight excluding hydrogens is 352 g/mol. The largest absolute Gasteiger partial charge is 0.467 e. The van der Waals surface area contributed by atoms with Crippen molar-refractivity contribution in [2.75, 3.05) is 25.5 Å². The Bertz CT molecular complexity index is 924. The summed E-state index contributed by atoms with van der Waals surface area (Å²) < 4.78 is 5.51. The third-order valence-electron chi connectivity index (χ3n) is 3.70. The van der Waals surface area contributed by atoms with E-state index in [-0.39, 0.29) is 25.0 Å². The standard InChI is InChI=1S/C18H18N4O3S/c1-12-3-5-13(6-4-12)21-15(23)9-22(2)16(24)10-25-17-14-7-8-26-18(14)20-11-19-17/h3-8,11H,9-10H2,1-2H3,(H,21,23). The van der Waals surface area contributed by atoms with E-state index in [2.05, 4.69) is 15.3 Å². The zero-order chi connectivity index (χ0) is 18.5. The minimum Gasteiger partial charge on any atom is -0.467 e. The lowest BCUT2D eigenvalue weighted by atomic mass is 10.2. The van der Waals surface area contributed by atoms with Crippen LogP contribution in [0.5, 0.6) is 5.88 Å². The summed E-state index contributed by atoms with van der Waals surface area (Å²) in [6.07, 6.45) is 1.40. The Kier molecular flexibility index (Phi) is 5.43. The molecule has 2 amide bonds. The molecule has 134 valence electrons. The molecule has 1 N–H and O–H groups in total. The van der Waals surface area contributed by atoms with E-state index in [1.165, 1.54) is 22.6 Å². The average Bonchev–Trinajstić information content (AvgIpc) is 3.10. The molecule has 0 aliphatic carbocycles. The second kappa shape index (κ2) is 7.92. The summed E-state index contributed by atoms with van der Waals surface area (Å²) in [7, 11) is 1.56.